The summed E-state index contributed by atoms with van der Waals surface area (Å²) in [5, 5.41) is 15.5. The molecule has 0 aromatic heterocycles. The van der Waals surface area contributed by atoms with Gasteiger partial charge in [0, 0.05) is 43.3 Å². The molecule has 3 unspecified atom stereocenters. The summed E-state index contributed by atoms with van der Waals surface area (Å²) >= 11 is 0. The van der Waals surface area contributed by atoms with Gasteiger partial charge in [-0.1, -0.05) is 39.0 Å². The number of benzene rings is 2. The van der Waals surface area contributed by atoms with E-state index < -0.39 is 23.9 Å². The molecule has 2 rings (SSSR count). The second-order valence-electron chi connectivity index (χ2n) is 12.5. The van der Waals surface area contributed by atoms with E-state index in [1.165, 1.54) is 6.92 Å². The maximum Gasteiger partial charge on any atom is 0.251 e. The molecule has 0 bridgehead atoms. The van der Waals surface area contributed by atoms with Crippen molar-refractivity contribution in [3.05, 3.63) is 83.2 Å². The lowest BCUT2D eigenvalue weighted by atomic mass is 10.0. The van der Waals surface area contributed by atoms with Crippen molar-refractivity contribution in [3.63, 3.8) is 0 Å². The molecule has 14 heteroatoms. The first-order valence-corrected chi connectivity index (χ1v) is 18.4. The number of methoxy groups -OCH3 is 1. The van der Waals surface area contributed by atoms with Crippen molar-refractivity contribution in [1.82, 2.24) is 21.3 Å². The van der Waals surface area contributed by atoms with Crippen LogP contribution in [0, 0.1) is 6.92 Å². The molecule has 0 aliphatic heterocycles. The Kier molecular flexibility index (Phi) is 19.3. The fourth-order valence-electron chi connectivity index (χ4n) is 4.97. The number of carbonyl (C=O) groups excluding carboxylic acids is 3. The molecule has 53 heavy (non-hydrogen) atoms. The van der Waals surface area contributed by atoms with Crippen LogP contribution in [0.15, 0.2) is 71.0 Å². The molecule has 2 aromatic rings. The molecule has 0 saturated heterocycles. The van der Waals surface area contributed by atoms with Crippen molar-refractivity contribution in [3.8, 4) is 5.75 Å². The van der Waals surface area contributed by atoms with E-state index in [0.717, 1.165) is 51.8 Å². The molecule has 0 aliphatic rings. The van der Waals surface area contributed by atoms with Crippen LogP contribution in [-0.4, -0.2) is 75.9 Å². The second-order valence-corrected chi connectivity index (χ2v) is 13.1. The number of nitrogens with one attached hydrogen (secondary N) is 5. The summed E-state index contributed by atoms with van der Waals surface area (Å²) in [5.74, 6) is 0.322. The van der Waals surface area contributed by atoms with Crippen molar-refractivity contribution in [2.75, 3.05) is 32.1 Å². The van der Waals surface area contributed by atoms with E-state index in [1.54, 1.807) is 19.4 Å². The molecule has 284 valence electrons. The van der Waals surface area contributed by atoms with E-state index in [9.17, 15) is 14.4 Å². The molecule has 0 spiro atoms. The Labute approximate surface area is 318 Å². The summed E-state index contributed by atoms with van der Waals surface area (Å²) < 4.78 is 5.46. The van der Waals surface area contributed by atoms with E-state index in [1.807, 2.05) is 64.2 Å². The number of carbonyl (C=O) groups is 3. The number of allylic oxidation sites excluding steroid dienone is 2. The fraction of sp³-hybridized carbons (Fsp3) is 0.410. The predicted octanol–water partition coefficient (Wildman–Crippen LogP) is 4.01. The maximum atomic E-state index is 13.2. The molecule has 0 saturated carbocycles. The highest BCUT2D eigenvalue weighted by Gasteiger charge is 2.22. The zero-order chi connectivity index (χ0) is 39.5. The Balaban J connectivity index is 2.13. The van der Waals surface area contributed by atoms with Crippen LogP contribution in [0.3, 0.4) is 0 Å². The highest BCUT2D eigenvalue weighted by atomic mass is 31.0. The van der Waals surface area contributed by atoms with Gasteiger partial charge in [-0.3, -0.25) is 19.4 Å². The third kappa shape index (κ3) is 14.7. The molecule has 2 radical (unpaired) electrons. The largest absolute Gasteiger partial charge is 0.496 e. The Hall–Kier alpha value is -4.74. The summed E-state index contributed by atoms with van der Waals surface area (Å²) in [5.41, 5.74) is 11.8. The summed E-state index contributed by atoms with van der Waals surface area (Å²) in [7, 11) is 10.0. The van der Waals surface area contributed by atoms with Gasteiger partial charge in [0.2, 0.25) is 11.8 Å². The number of unbranched alkanes of at least 4 members (excludes halogenated alkanes) is 1. The van der Waals surface area contributed by atoms with E-state index in [4.69, 9.17) is 28.3 Å². The number of hydrogen-bond donors (Lipinski definition) is 6. The Morgan fingerprint density at radius 2 is 1.74 bits per heavy atom. The minimum absolute atomic E-state index is 0.0519. The molecule has 0 heterocycles. The van der Waals surface area contributed by atoms with Crippen LogP contribution in [0.1, 0.15) is 80.9 Å². The van der Waals surface area contributed by atoms with Crippen molar-refractivity contribution < 1.29 is 19.1 Å². The molecule has 7 N–H and O–H groups in total. The van der Waals surface area contributed by atoms with Crippen LogP contribution >= 0.6 is 9.24 Å². The number of amidine groups is 1. The summed E-state index contributed by atoms with van der Waals surface area (Å²) in [6, 6.07) is 7.87. The summed E-state index contributed by atoms with van der Waals surface area (Å²) in [4.78, 5) is 47.4. The van der Waals surface area contributed by atoms with E-state index in [2.05, 4.69) is 49.3 Å². The first-order valence-electron chi connectivity index (χ1n) is 17.8. The standard InChI is InChI=1S/C39H56BN8O4P/c1-9-11-12-18-42-36(27(6)45-22-24(3)31-16-17-34(52-8)25(4)35(31)53)47-30-14-15-32(29(10-2)21-30)38(50)43-19-13-20-44-39(51)33(23-46-28(7)40)48-37(49)26(5)41/h12,14-18,21-22,26,33,46H,7,9-11,13,19-20,23,41,53H2,1-6,8H3,(H,42,47)(H,43,50)(H,44,51)(H,48,49)/b18-12-,24-22+,45-27?. The number of aryl methyl sites for hydroxylation is 1. The molecule has 0 fully saturated rings. The van der Waals surface area contributed by atoms with Gasteiger partial charge in [0.05, 0.1) is 18.9 Å². The van der Waals surface area contributed by atoms with Gasteiger partial charge < -0.3 is 37.1 Å². The monoisotopic (exact) mass is 742 g/mol. The molecular formula is C39H56BN8O4P. The number of rotatable bonds is 20. The lowest BCUT2D eigenvalue weighted by Gasteiger charge is -2.20. The highest BCUT2D eigenvalue weighted by Crippen LogP contribution is 2.23. The second kappa shape index (κ2) is 23.0. The van der Waals surface area contributed by atoms with Crippen LogP contribution < -0.4 is 42.4 Å². The average Bonchev–Trinajstić information content (AvgIpc) is 3.13. The normalized spacial score (nSPS) is 13.3. The lowest BCUT2D eigenvalue weighted by Crippen LogP contribution is -2.54. The van der Waals surface area contributed by atoms with Gasteiger partial charge in [-0.25, -0.2) is 4.99 Å². The highest BCUT2D eigenvalue weighted by molar-refractivity contribution is 7.27. The molecule has 12 nitrogen and oxygen atoms in total. The van der Waals surface area contributed by atoms with E-state index in [0.29, 0.717) is 36.5 Å². The Morgan fingerprint density at radius 3 is 2.38 bits per heavy atom. The number of nitrogens with two attached hydrogens (primary N) is 1. The van der Waals surface area contributed by atoms with E-state index >= 15 is 0 Å². The average molecular weight is 743 g/mol. The molecule has 3 amide bonds. The number of amides is 3. The van der Waals surface area contributed by atoms with Gasteiger partial charge in [0.1, 0.15) is 19.6 Å². The summed E-state index contributed by atoms with van der Waals surface area (Å²) in [6.07, 6.45) is 8.65. The smallest absolute Gasteiger partial charge is 0.251 e. The third-order valence-electron chi connectivity index (χ3n) is 8.18. The zero-order valence-corrected chi connectivity index (χ0v) is 33.3. The minimum atomic E-state index is -0.900. The lowest BCUT2D eigenvalue weighted by molar-refractivity contribution is -0.129. The van der Waals surface area contributed by atoms with Crippen LogP contribution in [0.25, 0.3) is 5.57 Å². The third-order valence-corrected chi connectivity index (χ3v) is 8.92. The number of nitrogens with zero attached hydrogens (tertiary/aromatic N) is 2. The number of anilines is 1. The van der Waals surface area contributed by atoms with Crippen molar-refractivity contribution in [2.45, 2.75) is 79.3 Å². The van der Waals surface area contributed by atoms with Crippen LogP contribution in [0.2, 0.25) is 0 Å². The number of aliphatic imine (C=N–C) groups is 2. The quantitative estimate of drug-likeness (QED) is 0.0392. The molecule has 0 aliphatic carbocycles. The summed E-state index contributed by atoms with van der Waals surface area (Å²) in [6.45, 7) is 15.8. The molecule has 3 atom stereocenters. The number of ether oxygens (including phenoxy) is 1. The predicted molar refractivity (Wildman–Crippen MR) is 223 cm³/mol. The van der Waals surface area contributed by atoms with Gasteiger partial charge in [0.15, 0.2) is 5.84 Å². The minimum Gasteiger partial charge on any atom is -0.496 e. The first kappa shape index (κ1) is 44.4. The number of hydrogen-bond acceptors (Lipinski definition) is 8. The SMILES string of the molecule is [B]C(=C)NCC(NC(=O)C(C)N)C(=O)NCCCNC(=O)c1ccc(NC(=N/C=C\CCC)C(C)=N/C=C(\C)c2ccc(OC)c(C)c2P)cc1CC. The van der Waals surface area contributed by atoms with Crippen molar-refractivity contribution in [2.24, 2.45) is 15.7 Å². The first-order chi connectivity index (χ1) is 25.2. The van der Waals surface area contributed by atoms with E-state index in [-0.39, 0.29) is 24.6 Å². The van der Waals surface area contributed by atoms with Crippen molar-refractivity contribution >= 4 is 62.9 Å². The Bertz CT molecular complexity index is 1720. The molecule has 2 aromatic carbocycles. The van der Waals surface area contributed by atoms with Crippen molar-refractivity contribution in [1.29, 1.82) is 0 Å². The van der Waals surface area contributed by atoms with Crippen LogP contribution in [0.5, 0.6) is 5.75 Å². The zero-order valence-electron chi connectivity index (χ0n) is 32.2. The Morgan fingerprint density at radius 1 is 1.04 bits per heavy atom. The topological polar surface area (TPSA) is 171 Å². The van der Waals surface area contributed by atoms with Gasteiger partial charge in [0.25, 0.3) is 5.91 Å². The van der Waals surface area contributed by atoms with Gasteiger partial charge >= 0.3 is 0 Å². The van der Waals surface area contributed by atoms with Crippen LogP contribution in [-0.2, 0) is 16.0 Å². The molecular weight excluding hydrogens is 686 g/mol. The fourth-order valence-corrected chi connectivity index (χ4v) is 5.44. The van der Waals surface area contributed by atoms with Gasteiger partial charge in [-0.2, -0.15) is 0 Å². The van der Waals surface area contributed by atoms with Gasteiger partial charge in [-0.15, -0.1) is 9.24 Å². The maximum absolute atomic E-state index is 13.2. The van der Waals surface area contributed by atoms with Crippen LogP contribution in [0.4, 0.5) is 5.69 Å². The van der Waals surface area contributed by atoms with Gasteiger partial charge in [-0.05, 0) is 104 Å².